The summed E-state index contributed by atoms with van der Waals surface area (Å²) in [6, 6.07) is 15.3. The topological polar surface area (TPSA) is 54.9 Å². The van der Waals surface area contributed by atoms with Crippen LogP contribution in [0.5, 0.6) is 0 Å². The van der Waals surface area contributed by atoms with Crippen LogP contribution in [-0.4, -0.2) is 16.1 Å². The molecule has 1 heterocycles. The third-order valence-corrected chi connectivity index (χ3v) is 4.46. The Balaban J connectivity index is 1.72. The van der Waals surface area contributed by atoms with Crippen LogP contribution in [0, 0.1) is 5.82 Å². The predicted molar refractivity (Wildman–Crippen MR) is 88.2 cm³/mol. The molecule has 0 unspecified atom stereocenters. The molecule has 3 aromatic rings. The number of nitrogens with one attached hydrogen (secondary N) is 1. The first-order chi connectivity index (χ1) is 11.1. The van der Waals surface area contributed by atoms with E-state index in [2.05, 4.69) is 15.5 Å². The first kappa shape index (κ1) is 15.3. The van der Waals surface area contributed by atoms with E-state index in [0.717, 1.165) is 10.6 Å². The molecule has 0 radical (unpaired) electrons. The van der Waals surface area contributed by atoms with E-state index in [1.165, 1.54) is 35.6 Å². The summed E-state index contributed by atoms with van der Waals surface area (Å²) in [6.07, 6.45) is 0. The van der Waals surface area contributed by atoms with Crippen LogP contribution in [0.3, 0.4) is 0 Å². The van der Waals surface area contributed by atoms with Crippen LogP contribution in [0.1, 0.15) is 33.8 Å². The Morgan fingerprint density at radius 3 is 2.48 bits per heavy atom. The van der Waals surface area contributed by atoms with Gasteiger partial charge in [0.15, 0.2) is 0 Å². The third kappa shape index (κ3) is 3.60. The van der Waals surface area contributed by atoms with E-state index in [1.54, 1.807) is 0 Å². The maximum atomic E-state index is 12.9. The van der Waals surface area contributed by atoms with Crippen molar-refractivity contribution in [3.05, 3.63) is 76.5 Å². The molecule has 1 atom stereocenters. The summed E-state index contributed by atoms with van der Waals surface area (Å²) in [5, 5.41) is 12.1. The molecule has 1 aromatic heterocycles. The average molecular weight is 327 g/mol. The molecule has 0 spiro atoms. The van der Waals surface area contributed by atoms with Gasteiger partial charge in [0.1, 0.15) is 10.8 Å². The summed E-state index contributed by atoms with van der Waals surface area (Å²) in [5.41, 5.74) is 1.51. The Labute approximate surface area is 137 Å². The number of carbonyl (C=O) groups is 1. The van der Waals surface area contributed by atoms with Crippen molar-refractivity contribution in [1.82, 2.24) is 10.2 Å². The molecule has 6 heteroatoms. The van der Waals surface area contributed by atoms with Gasteiger partial charge in [-0.15, -0.1) is 10.2 Å². The lowest BCUT2D eigenvalue weighted by Gasteiger charge is -2.06. The highest BCUT2D eigenvalue weighted by Gasteiger charge is 2.15. The van der Waals surface area contributed by atoms with E-state index in [4.69, 9.17) is 0 Å². The number of rotatable bonds is 4. The molecule has 0 saturated heterocycles. The normalized spacial score (nSPS) is 11.9. The molecule has 0 aliphatic carbocycles. The second-order valence-corrected chi connectivity index (χ2v) is 6.05. The van der Waals surface area contributed by atoms with E-state index in [9.17, 15) is 9.18 Å². The Hall–Kier alpha value is -2.60. The van der Waals surface area contributed by atoms with Gasteiger partial charge in [-0.25, -0.2) is 4.39 Å². The van der Waals surface area contributed by atoms with Crippen molar-refractivity contribution in [2.75, 3.05) is 5.32 Å². The van der Waals surface area contributed by atoms with Gasteiger partial charge in [0.2, 0.25) is 5.13 Å². The van der Waals surface area contributed by atoms with Crippen LogP contribution < -0.4 is 5.32 Å². The lowest BCUT2D eigenvalue weighted by molar-refractivity contribution is 0.102. The number of hydrogen-bond acceptors (Lipinski definition) is 4. The lowest BCUT2D eigenvalue weighted by Crippen LogP contribution is -2.11. The summed E-state index contributed by atoms with van der Waals surface area (Å²) in [6.45, 7) is 2.04. The molecule has 1 amide bonds. The molecule has 0 bridgehead atoms. The smallest absolute Gasteiger partial charge is 0.257 e. The standard InChI is InChI=1S/C17H14FN3OS/c1-11(12-5-3-2-4-6-12)16-20-21-17(23-16)19-15(22)13-7-9-14(18)10-8-13/h2-11H,1H3,(H,19,21,22)/t11-/m1/s1. The molecule has 0 aliphatic heterocycles. The molecule has 23 heavy (non-hydrogen) atoms. The van der Waals surface area contributed by atoms with Gasteiger partial charge in [0.25, 0.3) is 5.91 Å². The van der Waals surface area contributed by atoms with Gasteiger partial charge >= 0.3 is 0 Å². The van der Waals surface area contributed by atoms with Crippen LogP contribution >= 0.6 is 11.3 Å². The van der Waals surface area contributed by atoms with Crippen molar-refractivity contribution in [2.45, 2.75) is 12.8 Å². The predicted octanol–water partition coefficient (Wildman–Crippen LogP) is 4.08. The van der Waals surface area contributed by atoms with Gasteiger partial charge in [-0.2, -0.15) is 0 Å². The monoisotopic (exact) mass is 327 g/mol. The number of carbonyl (C=O) groups excluding carboxylic acids is 1. The quantitative estimate of drug-likeness (QED) is 0.785. The zero-order valence-corrected chi connectivity index (χ0v) is 13.2. The third-order valence-electron chi connectivity index (χ3n) is 3.44. The van der Waals surface area contributed by atoms with Crippen molar-refractivity contribution in [3.8, 4) is 0 Å². The van der Waals surface area contributed by atoms with Gasteiger partial charge in [0, 0.05) is 11.5 Å². The average Bonchev–Trinajstić information content (AvgIpc) is 3.04. The molecule has 1 N–H and O–H groups in total. The van der Waals surface area contributed by atoms with E-state index < -0.39 is 0 Å². The maximum Gasteiger partial charge on any atom is 0.257 e. The van der Waals surface area contributed by atoms with Crippen LogP contribution in [0.15, 0.2) is 54.6 Å². The Bertz CT molecular complexity index is 802. The molecule has 4 nitrogen and oxygen atoms in total. The van der Waals surface area contributed by atoms with Gasteiger partial charge in [-0.3, -0.25) is 10.1 Å². The van der Waals surface area contributed by atoms with E-state index in [0.29, 0.717) is 10.7 Å². The fraction of sp³-hybridized carbons (Fsp3) is 0.118. The highest BCUT2D eigenvalue weighted by Crippen LogP contribution is 2.28. The molecular weight excluding hydrogens is 313 g/mol. The minimum absolute atomic E-state index is 0.102. The minimum atomic E-state index is -0.378. The number of anilines is 1. The van der Waals surface area contributed by atoms with E-state index in [-0.39, 0.29) is 17.6 Å². The molecule has 0 saturated carbocycles. The fourth-order valence-electron chi connectivity index (χ4n) is 2.11. The van der Waals surface area contributed by atoms with Crippen LogP contribution in [0.2, 0.25) is 0 Å². The van der Waals surface area contributed by atoms with Crippen LogP contribution in [-0.2, 0) is 0 Å². The van der Waals surface area contributed by atoms with Crippen molar-refractivity contribution in [1.29, 1.82) is 0 Å². The van der Waals surface area contributed by atoms with Gasteiger partial charge in [-0.05, 0) is 29.8 Å². The van der Waals surface area contributed by atoms with Gasteiger partial charge in [-0.1, -0.05) is 48.6 Å². The van der Waals surface area contributed by atoms with Crippen LogP contribution in [0.4, 0.5) is 9.52 Å². The summed E-state index contributed by atoms with van der Waals surface area (Å²) < 4.78 is 12.9. The van der Waals surface area contributed by atoms with Crippen molar-refractivity contribution >= 4 is 22.4 Å². The van der Waals surface area contributed by atoms with E-state index >= 15 is 0 Å². The molecule has 116 valence electrons. The molecule has 0 fully saturated rings. The maximum absolute atomic E-state index is 12.9. The summed E-state index contributed by atoms with van der Waals surface area (Å²) in [7, 11) is 0. The van der Waals surface area contributed by atoms with Gasteiger partial charge < -0.3 is 0 Å². The number of benzene rings is 2. The number of aromatic nitrogens is 2. The first-order valence-corrected chi connectivity index (χ1v) is 7.90. The number of amides is 1. The lowest BCUT2D eigenvalue weighted by atomic mass is 10.0. The highest BCUT2D eigenvalue weighted by molar-refractivity contribution is 7.15. The Morgan fingerprint density at radius 2 is 1.78 bits per heavy atom. The van der Waals surface area contributed by atoms with Gasteiger partial charge in [0.05, 0.1) is 0 Å². The molecular formula is C17H14FN3OS. The summed E-state index contributed by atoms with van der Waals surface area (Å²) in [5.74, 6) is -0.610. The number of nitrogens with zero attached hydrogens (tertiary/aromatic N) is 2. The fourth-order valence-corrected chi connectivity index (χ4v) is 2.93. The SMILES string of the molecule is C[C@H](c1ccccc1)c1nnc(NC(=O)c2ccc(F)cc2)s1. The molecule has 2 aromatic carbocycles. The number of hydrogen-bond donors (Lipinski definition) is 1. The second-order valence-electron chi connectivity index (χ2n) is 5.04. The largest absolute Gasteiger partial charge is 0.296 e. The summed E-state index contributed by atoms with van der Waals surface area (Å²) >= 11 is 1.33. The Morgan fingerprint density at radius 1 is 1.09 bits per heavy atom. The first-order valence-electron chi connectivity index (χ1n) is 7.09. The van der Waals surface area contributed by atoms with Crippen molar-refractivity contribution in [3.63, 3.8) is 0 Å². The zero-order chi connectivity index (χ0) is 16.2. The zero-order valence-electron chi connectivity index (χ0n) is 12.4. The van der Waals surface area contributed by atoms with Crippen molar-refractivity contribution < 1.29 is 9.18 Å². The summed E-state index contributed by atoms with van der Waals surface area (Å²) in [4.78, 5) is 12.1. The van der Waals surface area contributed by atoms with Crippen LogP contribution in [0.25, 0.3) is 0 Å². The second kappa shape index (κ2) is 6.66. The molecule has 3 rings (SSSR count). The van der Waals surface area contributed by atoms with E-state index in [1.807, 2.05) is 37.3 Å². The van der Waals surface area contributed by atoms with Crippen molar-refractivity contribution in [2.24, 2.45) is 0 Å². The molecule has 0 aliphatic rings. The Kier molecular flexibility index (Phi) is 4.43. The minimum Gasteiger partial charge on any atom is -0.296 e. The highest BCUT2D eigenvalue weighted by atomic mass is 32.1. The number of halogens is 1.